The highest BCUT2D eigenvalue weighted by Gasteiger charge is 2.40. The summed E-state index contributed by atoms with van der Waals surface area (Å²) in [6.45, 7) is 18.2. The van der Waals surface area contributed by atoms with Crippen LogP contribution in [0, 0.1) is 0 Å². The Kier molecular flexibility index (Phi) is 3.79. The van der Waals surface area contributed by atoms with Crippen molar-refractivity contribution in [1.82, 2.24) is 9.80 Å². The van der Waals surface area contributed by atoms with Crippen molar-refractivity contribution in [3.8, 4) is 0 Å². The van der Waals surface area contributed by atoms with Gasteiger partial charge in [0.05, 0.1) is 11.7 Å². The first-order valence-electron chi connectivity index (χ1n) is 7.32. The molecule has 0 bridgehead atoms. The van der Waals surface area contributed by atoms with Crippen LogP contribution in [0.3, 0.4) is 0 Å². The SMILES string of the molecule is CC(C)(C)O[C@H]1C[C@@H]2CN(C(C)(C)C)CCN2C1. The maximum absolute atomic E-state index is 6.15. The van der Waals surface area contributed by atoms with Crippen LogP contribution in [0.2, 0.25) is 0 Å². The van der Waals surface area contributed by atoms with Gasteiger partial charge in [-0.25, -0.2) is 0 Å². The minimum atomic E-state index is -0.0109. The van der Waals surface area contributed by atoms with Gasteiger partial charge in [-0.05, 0) is 48.0 Å². The number of hydrogen-bond donors (Lipinski definition) is 0. The van der Waals surface area contributed by atoms with E-state index in [2.05, 4.69) is 51.3 Å². The highest BCUT2D eigenvalue weighted by molar-refractivity contribution is 4.95. The lowest BCUT2D eigenvalue weighted by Crippen LogP contribution is -2.56. The molecule has 2 heterocycles. The van der Waals surface area contributed by atoms with E-state index in [1.54, 1.807) is 0 Å². The molecule has 2 aliphatic rings. The van der Waals surface area contributed by atoms with Gasteiger partial charge in [0.1, 0.15) is 0 Å². The number of piperazine rings is 1. The van der Waals surface area contributed by atoms with Crippen LogP contribution in [-0.4, -0.2) is 59.3 Å². The molecule has 0 aromatic rings. The van der Waals surface area contributed by atoms with Crippen LogP contribution in [0.1, 0.15) is 48.0 Å². The van der Waals surface area contributed by atoms with E-state index in [0.717, 1.165) is 6.54 Å². The summed E-state index contributed by atoms with van der Waals surface area (Å²) in [7, 11) is 0. The summed E-state index contributed by atoms with van der Waals surface area (Å²) in [5.41, 5.74) is 0.290. The first kappa shape index (κ1) is 14.3. The van der Waals surface area contributed by atoms with Crippen LogP contribution >= 0.6 is 0 Å². The van der Waals surface area contributed by atoms with Crippen LogP contribution in [0.5, 0.6) is 0 Å². The van der Waals surface area contributed by atoms with Gasteiger partial charge in [-0.1, -0.05) is 0 Å². The summed E-state index contributed by atoms with van der Waals surface area (Å²) >= 11 is 0. The molecule has 0 saturated carbocycles. The average Bonchev–Trinajstić information content (AvgIpc) is 2.53. The van der Waals surface area contributed by atoms with Crippen molar-refractivity contribution in [3.63, 3.8) is 0 Å². The minimum Gasteiger partial charge on any atom is -0.371 e. The van der Waals surface area contributed by atoms with Crippen molar-refractivity contribution in [2.24, 2.45) is 0 Å². The monoisotopic (exact) mass is 254 g/mol. The summed E-state index contributed by atoms with van der Waals surface area (Å²) in [5.74, 6) is 0. The maximum atomic E-state index is 6.15. The van der Waals surface area contributed by atoms with E-state index in [1.165, 1.54) is 26.1 Å². The Morgan fingerprint density at radius 2 is 1.61 bits per heavy atom. The second-order valence-electron chi connectivity index (χ2n) is 7.85. The van der Waals surface area contributed by atoms with Crippen LogP contribution in [0.25, 0.3) is 0 Å². The van der Waals surface area contributed by atoms with Crippen LogP contribution in [0.4, 0.5) is 0 Å². The molecule has 106 valence electrons. The van der Waals surface area contributed by atoms with Crippen molar-refractivity contribution in [2.75, 3.05) is 26.2 Å². The summed E-state index contributed by atoms with van der Waals surface area (Å²) in [6, 6.07) is 0.699. The molecule has 3 nitrogen and oxygen atoms in total. The molecule has 18 heavy (non-hydrogen) atoms. The molecule has 0 aromatic heterocycles. The molecule has 3 heteroatoms. The van der Waals surface area contributed by atoms with E-state index in [4.69, 9.17) is 4.74 Å². The third kappa shape index (κ3) is 3.46. The van der Waals surface area contributed by atoms with Gasteiger partial charge in [-0.2, -0.15) is 0 Å². The van der Waals surface area contributed by atoms with Crippen molar-refractivity contribution >= 4 is 0 Å². The topological polar surface area (TPSA) is 15.7 Å². The lowest BCUT2D eigenvalue weighted by atomic mass is 10.0. The number of fused-ring (bicyclic) bond motifs is 1. The van der Waals surface area contributed by atoms with Gasteiger partial charge >= 0.3 is 0 Å². The van der Waals surface area contributed by atoms with Gasteiger partial charge in [0.25, 0.3) is 0 Å². The van der Waals surface area contributed by atoms with Gasteiger partial charge in [0.2, 0.25) is 0 Å². The molecular weight excluding hydrogens is 224 g/mol. The van der Waals surface area contributed by atoms with Gasteiger partial charge < -0.3 is 4.74 Å². The minimum absolute atomic E-state index is 0.0109. The fraction of sp³-hybridized carbons (Fsp3) is 1.00. The first-order valence-corrected chi connectivity index (χ1v) is 7.32. The molecule has 2 aliphatic heterocycles. The molecule has 0 aromatic carbocycles. The molecule has 0 radical (unpaired) electrons. The third-order valence-electron chi connectivity index (χ3n) is 4.05. The predicted octanol–water partition coefficient (Wildman–Crippen LogP) is 2.36. The Labute approximate surface area is 112 Å². The molecule has 0 N–H and O–H groups in total. The largest absolute Gasteiger partial charge is 0.371 e. The fourth-order valence-electron chi connectivity index (χ4n) is 3.19. The molecule has 2 atom stereocenters. The highest BCUT2D eigenvalue weighted by Crippen LogP contribution is 2.29. The maximum Gasteiger partial charge on any atom is 0.0724 e. The lowest BCUT2D eigenvalue weighted by molar-refractivity contribution is -0.0539. The van der Waals surface area contributed by atoms with Crippen LogP contribution in [-0.2, 0) is 4.74 Å². The molecule has 2 saturated heterocycles. The first-order chi connectivity index (χ1) is 8.15. The molecule has 0 amide bonds. The summed E-state index contributed by atoms with van der Waals surface area (Å²) in [4.78, 5) is 5.24. The zero-order valence-corrected chi connectivity index (χ0v) is 13.0. The zero-order valence-electron chi connectivity index (χ0n) is 13.0. The second kappa shape index (κ2) is 4.77. The predicted molar refractivity (Wildman–Crippen MR) is 75.9 cm³/mol. The number of rotatable bonds is 1. The Hall–Kier alpha value is -0.120. The normalized spacial score (nSPS) is 31.7. The molecule has 2 fully saturated rings. The average molecular weight is 254 g/mol. The number of ether oxygens (including phenoxy) is 1. The molecule has 0 aliphatic carbocycles. The van der Waals surface area contributed by atoms with Crippen molar-refractivity contribution < 1.29 is 4.74 Å². The summed E-state index contributed by atoms with van der Waals surface area (Å²) in [6.07, 6.45) is 1.62. The summed E-state index contributed by atoms with van der Waals surface area (Å²) < 4.78 is 6.15. The Bertz CT molecular complexity index is 290. The van der Waals surface area contributed by atoms with Gasteiger partial charge in [0, 0.05) is 37.8 Å². The third-order valence-corrected chi connectivity index (χ3v) is 4.05. The standard InChI is InChI=1S/C15H30N2O/c1-14(2,3)17-8-7-16-11-13(9-12(16)10-17)18-15(4,5)6/h12-13H,7-11H2,1-6H3/t12-,13+/m1/s1. The van der Waals surface area contributed by atoms with Crippen molar-refractivity contribution in [2.45, 2.75) is 71.2 Å². The van der Waals surface area contributed by atoms with E-state index < -0.39 is 0 Å². The molecule has 0 spiro atoms. The van der Waals surface area contributed by atoms with Gasteiger partial charge in [-0.3, -0.25) is 9.80 Å². The van der Waals surface area contributed by atoms with Crippen molar-refractivity contribution in [1.29, 1.82) is 0 Å². The van der Waals surface area contributed by atoms with Crippen LogP contribution in [0.15, 0.2) is 0 Å². The van der Waals surface area contributed by atoms with Gasteiger partial charge in [-0.15, -0.1) is 0 Å². The van der Waals surface area contributed by atoms with E-state index in [-0.39, 0.29) is 5.60 Å². The zero-order chi connectivity index (χ0) is 13.6. The Balaban J connectivity index is 1.91. The quantitative estimate of drug-likeness (QED) is 0.714. The Morgan fingerprint density at radius 1 is 0.944 bits per heavy atom. The van der Waals surface area contributed by atoms with Crippen LogP contribution < -0.4 is 0 Å². The van der Waals surface area contributed by atoms with E-state index in [1.807, 2.05) is 0 Å². The van der Waals surface area contributed by atoms with E-state index >= 15 is 0 Å². The van der Waals surface area contributed by atoms with Gasteiger partial charge in [0.15, 0.2) is 0 Å². The number of nitrogens with zero attached hydrogens (tertiary/aromatic N) is 2. The van der Waals surface area contributed by atoms with E-state index in [0.29, 0.717) is 17.7 Å². The highest BCUT2D eigenvalue weighted by atomic mass is 16.5. The molecule has 0 unspecified atom stereocenters. The summed E-state index contributed by atoms with van der Waals surface area (Å²) in [5, 5.41) is 0. The molecule has 2 rings (SSSR count). The molecular formula is C15H30N2O. The lowest BCUT2D eigenvalue weighted by Gasteiger charge is -2.44. The van der Waals surface area contributed by atoms with Crippen molar-refractivity contribution in [3.05, 3.63) is 0 Å². The number of hydrogen-bond acceptors (Lipinski definition) is 3. The smallest absolute Gasteiger partial charge is 0.0724 e. The second-order valence-corrected chi connectivity index (χ2v) is 7.85. The van der Waals surface area contributed by atoms with E-state index in [9.17, 15) is 0 Å². The fourth-order valence-corrected chi connectivity index (χ4v) is 3.19. The Morgan fingerprint density at radius 3 is 2.17 bits per heavy atom.